The summed E-state index contributed by atoms with van der Waals surface area (Å²) in [6.07, 6.45) is 6.24. The van der Waals surface area contributed by atoms with Gasteiger partial charge in [-0.2, -0.15) is 5.26 Å². The number of piperazine rings is 1. The van der Waals surface area contributed by atoms with Gasteiger partial charge in [0.1, 0.15) is 6.07 Å². The van der Waals surface area contributed by atoms with Crippen LogP contribution in [0.5, 0.6) is 0 Å². The molecule has 2 heterocycles. The Morgan fingerprint density at radius 1 is 1.24 bits per heavy atom. The molecule has 4 heteroatoms. The standard InChI is InChI=1S/C13H16N4/c14-9-11-3-4-15-10-13(11)17-7-5-16(6-8-17)12-1-2-12/h3-4,10,12H,1-2,5-8H2. The van der Waals surface area contributed by atoms with E-state index >= 15 is 0 Å². The van der Waals surface area contributed by atoms with E-state index in [1.165, 1.54) is 12.8 Å². The summed E-state index contributed by atoms with van der Waals surface area (Å²) in [4.78, 5) is 8.98. The molecule has 0 atom stereocenters. The van der Waals surface area contributed by atoms with Crippen LogP contribution in [0.25, 0.3) is 0 Å². The number of aromatic nitrogens is 1. The summed E-state index contributed by atoms with van der Waals surface area (Å²) < 4.78 is 0. The summed E-state index contributed by atoms with van der Waals surface area (Å²) in [5.74, 6) is 0. The van der Waals surface area contributed by atoms with Crippen LogP contribution in [0.1, 0.15) is 18.4 Å². The molecular formula is C13H16N4. The Morgan fingerprint density at radius 2 is 2.00 bits per heavy atom. The van der Waals surface area contributed by atoms with Crippen LogP contribution < -0.4 is 4.90 Å². The zero-order valence-corrected chi connectivity index (χ0v) is 9.84. The van der Waals surface area contributed by atoms with Crippen molar-refractivity contribution in [3.8, 4) is 6.07 Å². The third kappa shape index (κ3) is 2.11. The summed E-state index contributed by atoms with van der Waals surface area (Å²) in [5.41, 5.74) is 1.73. The molecule has 3 rings (SSSR count). The molecule has 2 fully saturated rings. The summed E-state index contributed by atoms with van der Waals surface area (Å²) in [7, 11) is 0. The quantitative estimate of drug-likeness (QED) is 0.764. The van der Waals surface area contributed by atoms with E-state index in [9.17, 15) is 0 Å². The number of nitrogens with zero attached hydrogens (tertiary/aromatic N) is 4. The summed E-state index contributed by atoms with van der Waals surface area (Å²) in [6.45, 7) is 4.25. The van der Waals surface area contributed by atoms with Crippen LogP contribution in [0.4, 0.5) is 5.69 Å². The third-order valence-electron chi connectivity index (χ3n) is 3.64. The maximum Gasteiger partial charge on any atom is 0.101 e. The van der Waals surface area contributed by atoms with Gasteiger partial charge in [-0.05, 0) is 18.9 Å². The molecule has 1 aromatic rings. The molecule has 0 amide bonds. The molecule has 1 saturated heterocycles. The predicted molar refractivity (Wildman–Crippen MR) is 65.8 cm³/mol. The van der Waals surface area contributed by atoms with Crippen molar-refractivity contribution in [3.05, 3.63) is 24.0 Å². The summed E-state index contributed by atoms with van der Waals surface area (Å²) in [5, 5.41) is 9.08. The Labute approximate surface area is 101 Å². The molecule has 2 aliphatic rings. The minimum Gasteiger partial charge on any atom is -0.367 e. The Bertz CT molecular complexity index is 439. The maximum absolute atomic E-state index is 9.08. The van der Waals surface area contributed by atoms with Gasteiger partial charge in [-0.1, -0.05) is 0 Å². The van der Waals surface area contributed by atoms with Crippen LogP contribution in [0.15, 0.2) is 18.5 Å². The second-order valence-electron chi connectivity index (χ2n) is 4.76. The fraction of sp³-hybridized carbons (Fsp3) is 0.538. The molecule has 1 aliphatic heterocycles. The van der Waals surface area contributed by atoms with E-state index in [4.69, 9.17) is 5.26 Å². The molecule has 17 heavy (non-hydrogen) atoms. The van der Waals surface area contributed by atoms with Gasteiger partial charge in [0.2, 0.25) is 0 Å². The van der Waals surface area contributed by atoms with E-state index < -0.39 is 0 Å². The number of nitriles is 1. The van der Waals surface area contributed by atoms with Gasteiger partial charge >= 0.3 is 0 Å². The van der Waals surface area contributed by atoms with Crippen molar-refractivity contribution < 1.29 is 0 Å². The number of hydrogen-bond donors (Lipinski definition) is 0. The molecule has 88 valence electrons. The largest absolute Gasteiger partial charge is 0.367 e. The van der Waals surface area contributed by atoms with Gasteiger partial charge in [0, 0.05) is 38.4 Å². The zero-order valence-electron chi connectivity index (χ0n) is 9.84. The summed E-state index contributed by atoms with van der Waals surface area (Å²) >= 11 is 0. The highest BCUT2D eigenvalue weighted by molar-refractivity contribution is 5.57. The zero-order chi connectivity index (χ0) is 11.7. The second kappa shape index (κ2) is 4.34. The minimum absolute atomic E-state index is 0.736. The van der Waals surface area contributed by atoms with E-state index in [1.807, 2.05) is 6.20 Å². The Hall–Kier alpha value is -1.60. The number of hydrogen-bond acceptors (Lipinski definition) is 4. The fourth-order valence-corrected chi connectivity index (χ4v) is 2.50. The topological polar surface area (TPSA) is 43.2 Å². The first-order valence-electron chi connectivity index (χ1n) is 6.21. The van der Waals surface area contributed by atoms with Crippen molar-refractivity contribution in [1.29, 1.82) is 5.26 Å². The monoisotopic (exact) mass is 228 g/mol. The lowest BCUT2D eigenvalue weighted by molar-refractivity contribution is 0.248. The molecule has 0 aromatic carbocycles. The van der Waals surface area contributed by atoms with Crippen molar-refractivity contribution in [2.75, 3.05) is 31.1 Å². The first-order valence-corrected chi connectivity index (χ1v) is 6.21. The lowest BCUT2D eigenvalue weighted by Gasteiger charge is -2.36. The Kier molecular flexibility index (Phi) is 2.69. The van der Waals surface area contributed by atoms with Crippen molar-refractivity contribution in [3.63, 3.8) is 0 Å². The van der Waals surface area contributed by atoms with E-state index in [-0.39, 0.29) is 0 Å². The maximum atomic E-state index is 9.08. The van der Waals surface area contributed by atoms with Crippen molar-refractivity contribution in [1.82, 2.24) is 9.88 Å². The van der Waals surface area contributed by atoms with E-state index in [0.717, 1.165) is 43.5 Å². The average molecular weight is 228 g/mol. The van der Waals surface area contributed by atoms with Crippen molar-refractivity contribution in [2.24, 2.45) is 0 Å². The van der Waals surface area contributed by atoms with Crippen LogP contribution in [0.2, 0.25) is 0 Å². The number of anilines is 1. The highest BCUT2D eigenvalue weighted by Gasteiger charge is 2.31. The molecule has 1 aliphatic carbocycles. The van der Waals surface area contributed by atoms with Crippen LogP contribution in [0.3, 0.4) is 0 Å². The fourth-order valence-electron chi connectivity index (χ4n) is 2.50. The van der Waals surface area contributed by atoms with Crippen LogP contribution in [-0.4, -0.2) is 42.1 Å². The van der Waals surface area contributed by atoms with Gasteiger partial charge in [0.15, 0.2) is 0 Å². The van der Waals surface area contributed by atoms with Gasteiger partial charge < -0.3 is 4.90 Å². The van der Waals surface area contributed by atoms with Gasteiger partial charge in [-0.25, -0.2) is 0 Å². The van der Waals surface area contributed by atoms with Crippen molar-refractivity contribution >= 4 is 5.69 Å². The highest BCUT2D eigenvalue weighted by atomic mass is 15.3. The van der Waals surface area contributed by atoms with Crippen LogP contribution in [-0.2, 0) is 0 Å². The smallest absolute Gasteiger partial charge is 0.101 e. The molecule has 0 bridgehead atoms. The van der Waals surface area contributed by atoms with Crippen molar-refractivity contribution in [2.45, 2.75) is 18.9 Å². The Morgan fingerprint density at radius 3 is 2.65 bits per heavy atom. The minimum atomic E-state index is 0.736. The lowest BCUT2D eigenvalue weighted by Crippen LogP contribution is -2.47. The predicted octanol–water partition coefficient (Wildman–Crippen LogP) is 1.24. The molecule has 0 spiro atoms. The number of pyridine rings is 1. The SMILES string of the molecule is N#Cc1ccncc1N1CCN(C2CC2)CC1. The van der Waals surface area contributed by atoms with E-state index in [0.29, 0.717) is 0 Å². The first kappa shape index (κ1) is 10.5. The summed E-state index contributed by atoms with van der Waals surface area (Å²) in [6, 6.07) is 4.89. The molecule has 1 aromatic heterocycles. The average Bonchev–Trinajstić information content (AvgIpc) is 3.23. The molecule has 0 unspecified atom stereocenters. The molecule has 4 nitrogen and oxygen atoms in total. The van der Waals surface area contributed by atoms with E-state index in [1.54, 1.807) is 12.3 Å². The van der Waals surface area contributed by atoms with Crippen LogP contribution in [0, 0.1) is 11.3 Å². The first-order chi connectivity index (χ1) is 8.38. The third-order valence-corrected chi connectivity index (χ3v) is 3.64. The highest BCUT2D eigenvalue weighted by Crippen LogP contribution is 2.28. The van der Waals surface area contributed by atoms with Crippen LogP contribution >= 0.6 is 0 Å². The normalized spacial score (nSPS) is 21.2. The van der Waals surface area contributed by atoms with E-state index in [2.05, 4.69) is 20.9 Å². The molecule has 0 radical (unpaired) electrons. The molecule has 0 N–H and O–H groups in total. The van der Waals surface area contributed by atoms with Gasteiger partial charge in [0.25, 0.3) is 0 Å². The molecular weight excluding hydrogens is 212 g/mol. The van der Waals surface area contributed by atoms with Gasteiger partial charge in [-0.3, -0.25) is 9.88 Å². The lowest BCUT2D eigenvalue weighted by atomic mass is 10.2. The van der Waals surface area contributed by atoms with Gasteiger partial charge in [0.05, 0.1) is 17.4 Å². The molecule has 1 saturated carbocycles. The van der Waals surface area contributed by atoms with Gasteiger partial charge in [-0.15, -0.1) is 0 Å². The second-order valence-corrected chi connectivity index (χ2v) is 4.76. The Balaban J connectivity index is 1.71. The number of rotatable bonds is 2.